The van der Waals surface area contributed by atoms with Crippen molar-refractivity contribution in [1.82, 2.24) is 9.13 Å². The van der Waals surface area contributed by atoms with Gasteiger partial charge in [0.25, 0.3) is 5.56 Å². The summed E-state index contributed by atoms with van der Waals surface area (Å²) in [6, 6.07) is 9.36. The molecule has 0 saturated carbocycles. The number of benzene rings is 1. The number of aryl methyl sites for hydroxylation is 1. The zero-order valence-electron chi connectivity index (χ0n) is 19.0. The zero-order valence-corrected chi connectivity index (χ0v) is 19.8. The van der Waals surface area contributed by atoms with Crippen molar-refractivity contribution in [3.63, 3.8) is 0 Å². The van der Waals surface area contributed by atoms with Crippen LogP contribution in [0.15, 0.2) is 39.9 Å². The maximum Gasteiger partial charge on any atom is 0.332 e. The first-order chi connectivity index (χ1) is 15.6. The Labute approximate surface area is 194 Å². The SMILES string of the molecule is CCOC(O)c1sc2c(c1C)c(=O)n(CC(=O)O)c(=O)n2CC(OC(C)C)c1ccccc1. The molecule has 2 atom stereocenters. The molecule has 2 N–H and O–H groups in total. The predicted octanol–water partition coefficient (Wildman–Crippen LogP) is 2.81. The molecule has 9 nitrogen and oxygen atoms in total. The van der Waals surface area contributed by atoms with E-state index < -0.39 is 36.2 Å². The second-order valence-corrected chi connectivity index (χ2v) is 8.87. The molecule has 0 aliphatic carbocycles. The molecule has 0 radical (unpaired) electrons. The molecule has 3 rings (SSSR count). The molecule has 3 aromatic rings. The molecule has 33 heavy (non-hydrogen) atoms. The first-order valence-electron chi connectivity index (χ1n) is 10.6. The topological polar surface area (TPSA) is 120 Å². The minimum atomic E-state index is -1.31. The lowest BCUT2D eigenvalue weighted by Crippen LogP contribution is -2.42. The molecule has 2 aromatic heterocycles. The lowest BCUT2D eigenvalue weighted by molar-refractivity contribution is -0.137. The van der Waals surface area contributed by atoms with E-state index in [0.29, 0.717) is 19.8 Å². The average molecular weight is 477 g/mol. The van der Waals surface area contributed by atoms with Crippen LogP contribution < -0.4 is 11.2 Å². The lowest BCUT2D eigenvalue weighted by atomic mass is 10.1. The smallest absolute Gasteiger partial charge is 0.332 e. The van der Waals surface area contributed by atoms with Gasteiger partial charge in [-0.05, 0) is 38.8 Å². The summed E-state index contributed by atoms with van der Waals surface area (Å²) < 4.78 is 13.5. The molecule has 0 spiro atoms. The fourth-order valence-corrected chi connectivity index (χ4v) is 4.94. The molecule has 0 saturated heterocycles. The minimum absolute atomic E-state index is 0.0571. The highest BCUT2D eigenvalue weighted by Crippen LogP contribution is 2.34. The second kappa shape index (κ2) is 10.4. The Bertz CT molecular complexity index is 1240. The van der Waals surface area contributed by atoms with Crippen LogP contribution in [0.3, 0.4) is 0 Å². The van der Waals surface area contributed by atoms with E-state index in [0.717, 1.165) is 16.9 Å². The monoisotopic (exact) mass is 476 g/mol. The molecule has 0 aliphatic heterocycles. The molecule has 0 bridgehead atoms. The molecule has 2 heterocycles. The van der Waals surface area contributed by atoms with Crippen molar-refractivity contribution in [2.24, 2.45) is 0 Å². The Balaban J connectivity index is 2.27. The van der Waals surface area contributed by atoms with E-state index in [2.05, 4.69) is 0 Å². The van der Waals surface area contributed by atoms with E-state index in [9.17, 15) is 24.6 Å². The van der Waals surface area contributed by atoms with Crippen molar-refractivity contribution in [3.05, 3.63) is 67.2 Å². The third-order valence-electron chi connectivity index (χ3n) is 5.13. The van der Waals surface area contributed by atoms with E-state index in [1.54, 1.807) is 13.8 Å². The number of aliphatic carboxylic acids is 1. The first kappa shape index (κ1) is 24.8. The van der Waals surface area contributed by atoms with Crippen molar-refractivity contribution in [1.29, 1.82) is 0 Å². The highest BCUT2D eigenvalue weighted by molar-refractivity contribution is 7.19. The van der Waals surface area contributed by atoms with E-state index in [1.165, 1.54) is 4.57 Å². The number of hydrogen-bond acceptors (Lipinski definition) is 7. The summed E-state index contributed by atoms with van der Waals surface area (Å²) in [7, 11) is 0. The molecule has 0 amide bonds. The Morgan fingerprint density at radius 2 is 1.82 bits per heavy atom. The molecular formula is C23H28N2O7S. The number of carboxylic acids is 1. The number of nitrogens with zero attached hydrogens (tertiary/aromatic N) is 2. The summed E-state index contributed by atoms with van der Waals surface area (Å²) in [5.41, 5.74) is -0.166. The second-order valence-electron chi connectivity index (χ2n) is 7.84. The predicted molar refractivity (Wildman–Crippen MR) is 125 cm³/mol. The fourth-order valence-electron chi connectivity index (χ4n) is 3.71. The largest absolute Gasteiger partial charge is 0.480 e. The number of carboxylic acid groups (broad SMARTS) is 1. The van der Waals surface area contributed by atoms with Crippen molar-refractivity contribution in [2.75, 3.05) is 6.61 Å². The first-order valence-corrected chi connectivity index (χ1v) is 11.5. The zero-order chi connectivity index (χ0) is 24.3. The Kier molecular flexibility index (Phi) is 7.85. The van der Waals surface area contributed by atoms with Gasteiger partial charge in [-0.15, -0.1) is 11.3 Å². The molecule has 10 heteroatoms. The van der Waals surface area contributed by atoms with Crippen LogP contribution in [0.4, 0.5) is 0 Å². The van der Waals surface area contributed by atoms with Gasteiger partial charge < -0.3 is 19.7 Å². The van der Waals surface area contributed by atoms with Gasteiger partial charge in [-0.1, -0.05) is 30.3 Å². The maximum atomic E-state index is 13.3. The Hall–Kier alpha value is -2.79. The Morgan fingerprint density at radius 3 is 2.39 bits per heavy atom. The summed E-state index contributed by atoms with van der Waals surface area (Å²) in [5.74, 6) is -1.31. The summed E-state index contributed by atoms with van der Waals surface area (Å²) in [6.45, 7) is 6.68. The van der Waals surface area contributed by atoms with Crippen LogP contribution >= 0.6 is 11.3 Å². The van der Waals surface area contributed by atoms with Crippen LogP contribution in [0.1, 0.15) is 49.2 Å². The van der Waals surface area contributed by atoms with Gasteiger partial charge in [-0.2, -0.15) is 0 Å². The highest BCUT2D eigenvalue weighted by atomic mass is 32.1. The molecule has 0 fully saturated rings. The van der Waals surface area contributed by atoms with Gasteiger partial charge >= 0.3 is 11.7 Å². The van der Waals surface area contributed by atoms with Crippen LogP contribution in [-0.2, 0) is 27.4 Å². The normalized spacial score (nSPS) is 13.5. The standard InChI is InChI=1S/C23H28N2O7S/c1-5-31-22(29)19-14(4)18-20(28)24(12-17(26)27)23(30)25(21(18)33-19)11-16(32-13(2)3)15-9-7-6-8-10-15/h6-10,13,16,22,29H,5,11-12H2,1-4H3,(H,26,27). The van der Waals surface area contributed by atoms with Gasteiger partial charge in [0.1, 0.15) is 17.5 Å². The van der Waals surface area contributed by atoms with Crippen molar-refractivity contribution in [2.45, 2.75) is 59.3 Å². The average Bonchev–Trinajstić information content (AvgIpc) is 3.11. The summed E-state index contributed by atoms with van der Waals surface area (Å²) >= 11 is 1.08. The minimum Gasteiger partial charge on any atom is -0.480 e. The molecule has 1 aromatic carbocycles. The van der Waals surface area contributed by atoms with Crippen molar-refractivity contribution < 1.29 is 24.5 Å². The Morgan fingerprint density at radius 1 is 1.15 bits per heavy atom. The van der Waals surface area contributed by atoms with Crippen molar-refractivity contribution in [3.8, 4) is 0 Å². The summed E-state index contributed by atoms with van der Waals surface area (Å²) in [4.78, 5) is 38.6. The van der Waals surface area contributed by atoms with Crippen molar-refractivity contribution >= 4 is 27.5 Å². The number of thiophene rings is 1. The van der Waals surface area contributed by atoms with Gasteiger partial charge in [0.05, 0.1) is 22.9 Å². The fraction of sp³-hybridized carbons (Fsp3) is 0.435. The van der Waals surface area contributed by atoms with E-state index >= 15 is 0 Å². The van der Waals surface area contributed by atoms with E-state index in [4.69, 9.17) is 9.47 Å². The number of carbonyl (C=O) groups is 1. The maximum absolute atomic E-state index is 13.3. The third kappa shape index (κ3) is 5.25. The number of rotatable bonds is 10. The van der Waals surface area contributed by atoms with Crippen LogP contribution in [0, 0.1) is 6.92 Å². The quantitative estimate of drug-likeness (QED) is 0.432. The van der Waals surface area contributed by atoms with Crippen LogP contribution in [0.5, 0.6) is 0 Å². The number of fused-ring (bicyclic) bond motifs is 1. The third-order valence-corrected chi connectivity index (χ3v) is 6.48. The number of hydrogen-bond donors (Lipinski definition) is 2. The number of aromatic nitrogens is 2. The molecular weight excluding hydrogens is 448 g/mol. The highest BCUT2D eigenvalue weighted by Gasteiger charge is 2.26. The van der Waals surface area contributed by atoms with Gasteiger partial charge in [-0.25, -0.2) is 9.36 Å². The van der Waals surface area contributed by atoms with E-state index in [1.807, 2.05) is 44.2 Å². The van der Waals surface area contributed by atoms with Gasteiger partial charge in [0, 0.05) is 6.61 Å². The van der Waals surface area contributed by atoms with Crippen LogP contribution in [-0.4, -0.2) is 38.0 Å². The molecule has 2 unspecified atom stereocenters. The van der Waals surface area contributed by atoms with E-state index in [-0.39, 0.29) is 24.6 Å². The summed E-state index contributed by atoms with van der Waals surface area (Å²) in [5, 5.41) is 19.9. The van der Waals surface area contributed by atoms with Crippen LogP contribution in [0.2, 0.25) is 0 Å². The lowest BCUT2D eigenvalue weighted by Gasteiger charge is -2.22. The van der Waals surface area contributed by atoms with Gasteiger partial charge in [-0.3, -0.25) is 14.2 Å². The number of aliphatic hydroxyl groups excluding tert-OH is 1. The van der Waals surface area contributed by atoms with Crippen LogP contribution in [0.25, 0.3) is 10.2 Å². The van der Waals surface area contributed by atoms with Gasteiger partial charge in [0.15, 0.2) is 6.29 Å². The number of ether oxygens (including phenoxy) is 2. The summed E-state index contributed by atoms with van der Waals surface area (Å²) in [6.07, 6.45) is -1.93. The molecule has 0 aliphatic rings. The van der Waals surface area contributed by atoms with Gasteiger partial charge in [0.2, 0.25) is 0 Å². The number of aliphatic hydroxyl groups is 1. The molecule has 178 valence electrons.